The number of benzene rings is 2. The van der Waals surface area contributed by atoms with E-state index in [4.69, 9.17) is 20.2 Å². The largest absolute Gasteiger partial charge is 0.423 e. The minimum absolute atomic E-state index is 0.0217. The van der Waals surface area contributed by atoms with Crippen molar-refractivity contribution in [2.45, 2.75) is 4.90 Å². The minimum atomic E-state index is -3.99. The first-order valence-electron chi connectivity index (χ1n) is 6.18. The highest BCUT2D eigenvalue weighted by molar-refractivity contribution is 7.87. The normalized spacial score (nSPS) is 11.5. The number of fused-ring (bicyclic) bond motifs is 1. The molecule has 2 aromatic carbocycles. The van der Waals surface area contributed by atoms with Gasteiger partial charge < -0.3 is 8.60 Å². The maximum absolute atomic E-state index is 12.2. The molecule has 0 amide bonds. The van der Waals surface area contributed by atoms with E-state index in [1.165, 1.54) is 42.5 Å². The molecule has 0 N–H and O–H groups in total. The summed E-state index contributed by atoms with van der Waals surface area (Å²) >= 11 is 5.72. The van der Waals surface area contributed by atoms with Crippen LogP contribution in [0, 0.1) is 0 Å². The summed E-state index contributed by atoms with van der Waals surface area (Å²) in [5, 5.41) is 1.09. The van der Waals surface area contributed by atoms with Gasteiger partial charge in [0.05, 0.1) is 0 Å². The van der Waals surface area contributed by atoms with Crippen LogP contribution in [0.2, 0.25) is 5.02 Å². The molecule has 1 heterocycles. The third kappa shape index (κ3) is 2.98. The monoisotopic (exact) mass is 336 g/mol. The van der Waals surface area contributed by atoms with Gasteiger partial charge in [0.2, 0.25) is 0 Å². The maximum Gasteiger partial charge on any atom is 0.339 e. The lowest BCUT2D eigenvalue weighted by molar-refractivity contribution is 0.485. The van der Waals surface area contributed by atoms with Crippen molar-refractivity contribution in [1.82, 2.24) is 0 Å². The first-order valence-corrected chi connectivity index (χ1v) is 7.97. The molecule has 7 heteroatoms. The van der Waals surface area contributed by atoms with E-state index in [1.54, 1.807) is 12.1 Å². The van der Waals surface area contributed by atoms with Crippen molar-refractivity contribution in [3.63, 3.8) is 0 Å². The van der Waals surface area contributed by atoms with Crippen LogP contribution >= 0.6 is 11.6 Å². The van der Waals surface area contributed by atoms with Crippen LogP contribution in [0.15, 0.2) is 68.7 Å². The Morgan fingerprint density at radius 1 is 0.955 bits per heavy atom. The fourth-order valence-corrected chi connectivity index (χ4v) is 2.92. The predicted octanol–water partition coefficient (Wildman–Crippen LogP) is 3.21. The Labute approximate surface area is 130 Å². The summed E-state index contributed by atoms with van der Waals surface area (Å²) in [6, 6.07) is 12.9. The summed E-state index contributed by atoms with van der Waals surface area (Å²) in [6.45, 7) is 0. The van der Waals surface area contributed by atoms with Gasteiger partial charge in [-0.15, -0.1) is 0 Å². The van der Waals surface area contributed by atoms with Gasteiger partial charge in [-0.05, 0) is 42.5 Å². The number of hydrogen-bond donors (Lipinski definition) is 0. The van der Waals surface area contributed by atoms with Crippen molar-refractivity contribution < 1.29 is 17.0 Å². The summed E-state index contributed by atoms with van der Waals surface area (Å²) in [6.07, 6.45) is 0. The lowest BCUT2D eigenvalue weighted by atomic mass is 10.2. The molecule has 22 heavy (non-hydrogen) atoms. The van der Waals surface area contributed by atoms with Crippen LogP contribution in [0.25, 0.3) is 11.0 Å². The second-order valence-corrected chi connectivity index (χ2v) is 6.43. The first kappa shape index (κ1) is 14.6. The second kappa shape index (κ2) is 5.47. The molecule has 0 aliphatic rings. The van der Waals surface area contributed by atoms with Crippen molar-refractivity contribution in [2.24, 2.45) is 0 Å². The lowest BCUT2D eigenvalue weighted by Gasteiger charge is -2.07. The number of rotatable bonds is 3. The molecule has 0 saturated carbocycles. The topological polar surface area (TPSA) is 73.6 Å². The van der Waals surface area contributed by atoms with Gasteiger partial charge >= 0.3 is 15.7 Å². The highest BCUT2D eigenvalue weighted by atomic mass is 35.5. The van der Waals surface area contributed by atoms with E-state index in [2.05, 4.69) is 0 Å². The minimum Gasteiger partial charge on any atom is -0.423 e. The molecule has 0 saturated heterocycles. The van der Waals surface area contributed by atoms with E-state index in [-0.39, 0.29) is 16.2 Å². The van der Waals surface area contributed by atoms with Gasteiger partial charge in [-0.25, -0.2) is 4.79 Å². The van der Waals surface area contributed by atoms with Crippen molar-refractivity contribution in [1.29, 1.82) is 0 Å². The summed E-state index contributed by atoms with van der Waals surface area (Å²) in [5.41, 5.74) is -0.276. The zero-order valence-corrected chi connectivity index (χ0v) is 12.6. The van der Waals surface area contributed by atoms with Crippen LogP contribution in [0.3, 0.4) is 0 Å². The quantitative estimate of drug-likeness (QED) is 0.542. The maximum atomic E-state index is 12.2. The molecule has 0 bridgehead atoms. The molecule has 0 aliphatic heterocycles. The summed E-state index contributed by atoms with van der Waals surface area (Å²) in [5.74, 6) is 0.0526. The fourth-order valence-electron chi connectivity index (χ4n) is 1.87. The second-order valence-electron chi connectivity index (χ2n) is 4.45. The smallest absolute Gasteiger partial charge is 0.339 e. The average molecular weight is 337 g/mol. The molecule has 0 unspecified atom stereocenters. The van der Waals surface area contributed by atoms with E-state index < -0.39 is 15.7 Å². The Morgan fingerprint density at radius 2 is 1.64 bits per heavy atom. The molecule has 0 spiro atoms. The molecule has 1 aromatic heterocycles. The SMILES string of the molecule is O=c1ccc2ccc(OS(=O)(=O)c3ccc(Cl)cc3)cc2o1. The van der Waals surface area contributed by atoms with Gasteiger partial charge in [0.15, 0.2) is 0 Å². The fraction of sp³-hybridized carbons (Fsp3) is 0. The molecule has 0 fully saturated rings. The van der Waals surface area contributed by atoms with Crippen LogP contribution in [0.4, 0.5) is 0 Å². The zero-order valence-electron chi connectivity index (χ0n) is 11.0. The molecule has 0 radical (unpaired) electrons. The van der Waals surface area contributed by atoms with Crippen molar-refractivity contribution in [2.75, 3.05) is 0 Å². The summed E-state index contributed by atoms with van der Waals surface area (Å²) in [4.78, 5) is 11.2. The molecule has 0 atom stereocenters. The number of halogens is 1. The molecule has 112 valence electrons. The van der Waals surface area contributed by atoms with Crippen LogP contribution in [-0.2, 0) is 10.1 Å². The Kier molecular flexibility index (Phi) is 3.64. The molecule has 3 rings (SSSR count). The van der Waals surface area contributed by atoms with E-state index in [9.17, 15) is 13.2 Å². The third-order valence-corrected chi connectivity index (χ3v) is 4.42. The third-order valence-electron chi connectivity index (χ3n) is 2.90. The van der Waals surface area contributed by atoms with Gasteiger partial charge in [-0.3, -0.25) is 0 Å². The zero-order chi connectivity index (χ0) is 15.7. The van der Waals surface area contributed by atoms with Gasteiger partial charge in [0.25, 0.3) is 0 Å². The van der Waals surface area contributed by atoms with Crippen LogP contribution in [0.1, 0.15) is 0 Å². The Hall–Kier alpha value is -2.31. The van der Waals surface area contributed by atoms with E-state index in [0.717, 1.165) is 0 Å². The van der Waals surface area contributed by atoms with E-state index >= 15 is 0 Å². The van der Waals surface area contributed by atoms with Gasteiger partial charge in [-0.2, -0.15) is 8.42 Å². The van der Waals surface area contributed by atoms with Crippen molar-refractivity contribution >= 4 is 32.7 Å². The van der Waals surface area contributed by atoms with Gasteiger partial charge in [0, 0.05) is 22.5 Å². The predicted molar refractivity (Wildman–Crippen MR) is 81.7 cm³/mol. The van der Waals surface area contributed by atoms with Crippen LogP contribution in [0.5, 0.6) is 5.75 Å². The summed E-state index contributed by atoms with van der Waals surface area (Å²) in [7, 11) is -3.99. The van der Waals surface area contributed by atoms with E-state index in [0.29, 0.717) is 10.4 Å². The molecule has 5 nitrogen and oxygen atoms in total. The lowest BCUT2D eigenvalue weighted by Crippen LogP contribution is -2.09. The summed E-state index contributed by atoms with van der Waals surface area (Å²) < 4.78 is 34.3. The highest BCUT2D eigenvalue weighted by Gasteiger charge is 2.17. The van der Waals surface area contributed by atoms with Gasteiger partial charge in [0.1, 0.15) is 16.2 Å². The van der Waals surface area contributed by atoms with Crippen molar-refractivity contribution in [3.8, 4) is 5.75 Å². The Bertz CT molecular complexity index is 990. The van der Waals surface area contributed by atoms with Crippen molar-refractivity contribution in [3.05, 3.63) is 70.0 Å². The van der Waals surface area contributed by atoms with E-state index in [1.807, 2.05) is 0 Å². The highest BCUT2D eigenvalue weighted by Crippen LogP contribution is 2.23. The molecule has 0 aliphatic carbocycles. The van der Waals surface area contributed by atoms with Crippen LogP contribution < -0.4 is 9.81 Å². The number of hydrogen-bond acceptors (Lipinski definition) is 5. The molecular formula is C15H9ClO5S. The van der Waals surface area contributed by atoms with Crippen LogP contribution in [-0.4, -0.2) is 8.42 Å². The van der Waals surface area contributed by atoms with Gasteiger partial charge in [-0.1, -0.05) is 11.6 Å². The standard InChI is InChI=1S/C15H9ClO5S/c16-11-3-6-13(7-4-11)22(18,19)21-12-5-1-10-2-8-15(17)20-14(10)9-12/h1-9H. The Morgan fingerprint density at radius 3 is 2.36 bits per heavy atom. The first-order chi connectivity index (χ1) is 10.4. The average Bonchev–Trinajstić information content (AvgIpc) is 2.47. The Balaban J connectivity index is 1.98. The molecular weight excluding hydrogens is 328 g/mol. The molecule has 3 aromatic rings.